The molecule has 2 heterocycles. The minimum absolute atomic E-state index is 0.634. The molecule has 4 nitrogen and oxygen atoms in total. The van der Waals surface area contributed by atoms with E-state index in [2.05, 4.69) is 24.0 Å². The summed E-state index contributed by atoms with van der Waals surface area (Å²) in [7, 11) is 1.68. The Morgan fingerprint density at radius 3 is 2.84 bits per heavy atom. The number of aryl methyl sites for hydroxylation is 1. The van der Waals surface area contributed by atoms with Gasteiger partial charge in [-0.1, -0.05) is 30.8 Å². The number of methoxy groups -OCH3 is 1. The first-order valence-electron chi connectivity index (χ1n) is 8.47. The summed E-state index contributed by atoms with van der Waals surface area (Å²) in [4.78, 5) is 11.8. The normalized spacial score (nSPS) is 16.8. The molecular formula is C19H21N3OS2. The van der Waals surface area contributed by atoms with Gasteiger partial charge >= 0.3 is 0 Å². The van der Waals surface area contributed by atoms with Crippen LogP contribution in [0.15, 0.2) is 29.4 Å². The van der Waals surface area contributed by atoms with Crippen LogP contribution in [0.5, 0.6) is 5.75 Å². The van der Waals surface area contributed by atoms with Crippen molar-refractivity contribution in [1.82, 2.24) is 9.97 Å². The molecule has 0 bridgehead atoms. The minimum atomic E-state index is 0.634. The zero-order chi connectivity index (χ0) is 17.4. The van der Waals surface area contributed by atoms with E-state index >= 15 is 0 Å². The van der Waals surface area contributed by atoms with E-state index in [1.165, 1.54) is 22.4 Å². The molecule has 1 aliphatic carbocycles. The first-order chi connectivity index (χ1) is 12.1. The lowest BCUT2D eigenvalue weighted by atomic mass is 9.89. The average molecular weight is 372 g/mol. The topological polar surface area (TPSA) is 61.0 Å². The summed E-state index contributed by atoms with van der Waals surface area (Å²) >= 11 is 3.42. The molecule has 1 atom stereocenters. The molecule has 2 N–H and O–H groups in total. The van der Waals surface area contributed by atoms with Gasteiger partial charge in [-0.05, 0) is 48.4 Å². The van der Waals surface area contributed by atoms with Gasteiger partial charge in [0.15, 0.2) is 5.16 Å². The lowest BCUT2D eigenvalue weighted by Gasteiger charge is -2.17. The molecule has 0 amide bonds. The number of hydrogen-bond donors (Lipinski definition) is 1. The molecule has 4 rings (SSSR count). The molecule has 130 valence electrons. The Kier molecular flexibility index (Phi) is 4.56. The van der Waals surface area contributed by atoms with Crippen LogP contribution in [0.2, 0.25) is 0 Å². The third-order valence-electron chi connectivity index (χ3n) is 4.69. The first-order valence-corrected chi connectivity index (χ1v) is 10.3. The van der Waals surface area contributed by atoms with Gasteiger partial charge in [0, 0.05) is 10.6 Å². The Balaban J connectivity index is 1.58. The smallest absolute Gasteiger partial charge is 0.191 e. The Labute approximate surface area is 155 Å². The second-order valence-electron chi connectivity index (χ2n) is 6.56. The second kappa shape index (κ2) is 6.84. The summed E-state index contributed by atoms with van der Waals surface area (Å²) in [5.41, 5.74) is 8.90. The summed E-state index contributed by atoms with van der Waals surface area (Å²) < 4.78 is 5.20. The minimum Gasteiger partial charge on any atom is -0.497 e. The van der Waals surface area contributed by atoms with Crippen LogP contribution in [0.3, 0.4) is 0 Å². The molecular weight excluding hydrogens is 350 g/mol. The largest absolute Gasteiger partial charge is 0.497 e. The molecule has 0 saturated carbocycles. The van der Waals surface area contributed by atoms with E-state index in [-0.39, 0.29) is 0 Å². The SMILES string of the molecule is COc1ccc(CSc2nc(N)c3c4c(sc3n2)C[C@@H](C)CC4)cc1. The van der Waals surface area contributed by atoms with Gasteiger partial charge in [-0.25, -0.2) is 9.97 Å². The molecule has 0 unspecified atom stereocenters. The first kappa shape index (κ1) is 16.7. The highest BCUT2D eigenvalue weighted by atomic mass is 32.2. The van der Waals surface area contributed by atoms with E-state index in [1.54, 1.807) is 30.2 Å². The summed E-state index contributed by atoms with van der Waals surface area (Å²) in [6, 6.07) is 8.09. The highest BCUT2D eigenvalue weighted by molar-refractivity contribution is 7.98. The van der Waals surface area contributed by atoms with E-state index in [1.807, 2.05) is 12.1 Å². The highest BCUT2D eigenvalue weighted by Crippen LogP contribution is 2.40. The number of aromatic nitrogens is 2. The van der Waals surface area contributed by atoms with Crippen molar-refractivity contribution in [2.24, 2.45) is 5.92 Å². The summed E-state index contributed by atoms with van der Waals surface area (Å²) in [5, 5.41) is 1.85. The number of anilines is 1. The maximum atomic E-state index is 6.29. The molecule has 1 aliphatic rings. The number of ether oxygens (including phenoxy) is 1. The maximum Gasteiger partial charge on any atom is 0.191 e. The summed E-state index contributed by atoms with van der Waals surface area (Å²) in [6.07, 6.45) is 3.47. The number of thioether (sulfide) groups is 1. The highest BCUT2D eigenvalue weighted by Gasteiger charge is 2.23. The van der Waals surface area contributed by atoms with Gasteiger partial charge in [0.25, 0.3) is 0 Å². The third-order valence-corrected chi connectivity index (χ3v) is 6.76. The number of rotatable bonds is 4. The van der Waals surface area contributed by atoms with Gasteiger partial charge in [0.1, 0.15) is 16.4 Å². The van der Waals surface area contributed by atoms with Crippen molar-refractivity contribution in [2.45, 2.75) is 37.1 Å². The van der Waals surface area contributed by atoms with Crippen molar-refractivity contribution >= 4 is 39.1 Å². The fourth-order valence-corrected chi connectivity index (χ4v) is 5.54. The molecule has 0 saturated heterocycles. The Morgan fingerprint density at radius 1 is 1.28 bits per heavy atom. The monoisotopic (exact) mass is 371 g/mol. The fourth-order valence-electron chi connectivity index (χ4n) is 3.28. The number of nitrogens with two attached hydrogens (primary N) is 1. The number of benzene rings is 1. The number of thiophene rings is 1. The second-order valence-corrected chi connectivity index (χ2v) is 8.59. The van der Waals surface area contributed by atoms with E-state index < -0.39 is 0 Å². The van der Waals surface area contributed by atoms with Crippen LogP contribution in [-0.2, 0) is 18.6 Å². The van der Waals surface area contributed by atoms with Gasteiger partial charge in [0.05, 0.1) is 12.5 Å². The fraction of sp³-hybridized carbons (Fsp3) is 0.368. The Hall–Kier alpha value is -1.79. The Morgan fingerprint density at radius 2 is 2.08 bits per heavy atom. The van der Waals surface area contributed by atoms with Gasteiger partial charge in [-0.3, -0.25) is 0 Å². The molecule has 2 aromatic heterocycles. The molecule has 0 fully saturated rings. The van der Waals surface area contributed by atoms with E-state index in [9.17, 15) is 0 Å². The lowest BCUT2D eigenvalue weighted by Crippen LogP contribution is -2.09. The van der Waals surface area contributed by atoms with Crippen LogP contribution >= 0.6 is 23.1 Å². The zero-order valence-electron chi connectivity index (χ0n) is 14.4. The van der Waals surface area contributed by atoms with Crippen molar-refractivity contribution < 1.29 is 4.74 Å². The van der Waals surface area contributed by atoms with Crippen LogP contribution in [0.4, 0.5) is 5.82 Å². The van der Waals surface area contributed by atoms with Crippen LogP contribution in [-0.4, -0.2) is 17.1 Å². The number of nitrogens with zero attached hydrogens (tertiary/aromatic N) is 2. The van der Waals surface area contributed by atoms with Crippen LogP contribution in [0.25, 0.3) is 10.2 Å². The number of nitrogen functional groups attached to an aromatic ring is 1. The van der Waals surface area contributed by atoms with Gasteiger partial charge < -0.3 is 10.5 Å². The maximum absolute atomic E-state index is 6.29. The molecule has 0 radical (unpaired) electrons. The molecule has 0 aliphatic heterocycles. The van der Waals surface area contributed by atoms with Gasteiger partial charge in [-0.2, -0.15) is 0 Å². The predicted molar refractivity (Wildman–Crippen MR) is 106 cm³/mol. The standard InChI is InChI=1S/C19H21N3OS2/c1-11-3-8-14-15(9-11)25-18-16(14)17(20)21-19(22-18)24-10-12-4-6-13(23-2)7-5-12/h4-7,11H,3,8-10H2,1-2H3,(H2,20,21,22)/t11-/m0/s1. The van der Waals surface area contributed by atoms with E-state index in [0.717, 1.165) is 45.6 Å². The molecule has 1 aromatic carbocycles. The van der Waals surface area contributed by atoms with Crippen molar-refractivity contribution in [3.63, 3.8) is 0 Å². The zero-order valence-corrected chi connectivity index (χ0v) is 16.0. The number of fused-ring (bicyclic) bond motifs is 3. The summed E-state index contributed by atoms with van der Waals surface area (Å²) in [6.45, 7) is 2.32. The van der Waals surface area contributed by atoms with Crippen molar-refractivity contribution in [2.75, 3.05) is 12.8 Å². The summed E-state index contributed by atoms with van der Waals surface area (Å²) in [5.74, 6) is 3.07. The van der Waals surface area contributed by atoms with Crippen molar-refractivity contribution in [3.8, 4) is 5.75 Å². The van der Waals surface area contributed by atoms with Gasteiger partial charge in [0.2, 0.25) is 0 Å². The third kappa shape index (κ3) is 3.33. The van der Waals surface area contributed by atoms with Crippen LogP contribution < -0.4 is 10.5 Å². The molecule has 6 heteroatoms. The van der Waals surface area contributed by atoms with E-state index in [0.29, 0.717) is 5.82 Å². The average Bonchev–Trinajstić information content (AvgIpc) is 2.98. The van der Waals surface area contributed by atoms with Crippen molar-refractivity contribution in [3.05, 3.63) is 40.3 Å². The van der Waals surface area contributed by atoms with Gasteiger partial charge in [-0.15, -0.1) is 11.3 Å². The molecule has 3 aromatic rings. The van der Waals surface area contributed by atoms with Crippen LogP contribution in [0, 0.1) is 5.92 Å². The Bertz CT molecular complexity index is 905. The molecule has 0 spiro atoms. The molecule has 25 heavy (non-hydrogen) atoms. The quantitative estimate of drug-likeness (QED) is 0.532. The predicted octanol–water partition coefficient (Wildman–Crippen LogP) is 4.70. The van der Waals surface area contributed by atoms with Crippen LogP contribution in [0.1, 0.15) is 29.3 Å². The number of hydrogen-bond acceptors (Lipinski definition) is 6. The van der Waals surface area contributed by atoms with E-state index in [4.69, 9.17) is 15.5 Å². The van der Waals surface area contributed by atoms with Crippen molar-refractivity contribution in [1.29, 1.82) is 0 Å². The lowest BCUT2D eigenvalue weighted by molar-refractivity contribution is 0.414.